The Labute approximate surface area is 183 Å². The van der Waals surface area contributed by atoms with Crippen LogP contribution in [0.15, 0.2) is 28.9 Å². The molecule has 2 rings (SSSR count). The van der Waals surface area contributed by atoms with E-state index in [1.165, 1.54) is 38.2 Å². The maximum absolute atomic E-state index is 15.2. The molecule has 0 aliphatic rings. The minimum atomic E-state index is -4.73. The molecule has 1 N–H and O–H groups in total. The van der Waals surface area contributed by atoms with Gasteiger partial charge in [-0.05, 0) is 58.1 Å². The monoisotopic (exact) mass is 509 g/mol. The summed E-state index contributed by atoms with van der Waals surface area (Å²) in [5, 5.41) is 10.8. The number of fused-ring (bicyclic) bond motifs is 1. The lowest BCUT2D eigenvalue weighted by atomic mass is 10.0. The van der Waals surface area contributed by atoms with Crippen LogP contribution in [0, 0.1) is 0 Å². The molecule has 0 unspecified atom stereocenters. The Kier molecular flexibility index (Phi) is 8.38. The standard InChI is InChI=1S/C20H27BrF2NO5P/c1-5-28-30(26,29-6-2)20(22,23)16-10-14-12-18(24-13-15(14)11-17(16)21)27-9-7-8-19(3,4)25/h10-13,25H,5-9H2,1-4H3. The Morgan fingerprint density at radius 1 is 1.13 bits per heavy atom. The van der Waals surface area contributed by atoms with Gasteiger partial charge >= 0.3 is 13.3 Å². The Morgan fingerprint density at radius 3 is 2.33 bits per heavy atom. The number of rotatable bonds is 11. The number of pyridine rings is 1. The van der Waals surface area contributed by atoms with Gasteiger partial charge in [0.25, 0.3) is 0 Å². The average Bonchev–Trinajstić information content (AvgIpc) is 2.64. The van der Waals surface area contributed by atoms with E-state index in [0.717, 1.165) is 0 Å². The highest BCUT2D eigenvalue weighted by Crippen LogP contribution is 2.67. The lowest BCUT2D eigenvalue weighted by Gasteiger charge is -2.27. The van der Waals surface area contributed by atoms with Gasteiger partial charge in [-0.25, -0.2) is 4.98 Å². The molecule has 0 amide bonds. The van der Waals surface area contributed by atoms with Gasteiger partial charge in [-0.1, -0.05) is 15.9 Å². The maximum Gasteiger partial charge on any atom is 0.404 e. The lowest BCUT2D eigenvalue weighted by Crippen LogP contribution is -2.19. The van der Waals surface area contributed by atoms with Crippen LogP contribution < -0.4 is 4.74 Å². The van der Waals surface area contributed by atoms with Crippen LogP contribution in [0.2, 0.25) is 0 Å². The van der Waals surface area contributed by atoms with Gasteiger partial charge in [-0.2, -0.15) is 8.78 Å². The summed E-state index contributed by atoms with van der Waals surface area (Å²) in [6, 6.07) is 4.25. The fraction of sp³-hybridized carbons (Fsp3) is 0.550. The van der Waals surface area contributed by atoms with Gasteiger partial charge < -0.3 is 18.9 Å². The van der Waals surface area contributed by atoms with Crippen LogP contribution >= 0.6 is 23.5 Å². The predicted octanol–water partition coefficient (Wildman–Crippen LogP) is 6.24. The lowest BCUT2D eigenvalue weighted by molar-refractivity contribution is 0.0356. The smallest absolute Gasteiger partial charge is 0.404 e. The summed E-state index contributed by atoms with van der Waals surface area (Å²) in [6.45, 7) is 6.35. The molecule has 1 heterocycles. The summed E-state index contributed by atoms with van der Waals surface area (Å²) >= 11 is 3.14. The molecule has 168 valence electrons. The van der Waals surface area contributed by atoms with E-state index in [2.05, 4.69) is 20.9 Å². The summed E-state index contributed by atoms with van der Waals surface area (Å²) < 4.78 is 58.6. The van der Waals surface area contributed by atoms with Crippen molar-refractivity contribution in [1.82, 2.24) is 4.98 Å². The van der Waals surface area contributed by atoms with E-state index in [4.69, 9.17) is 13.8 Å². The second kappa shape index (κ2) is 10.0. The number of halogens is 3. The van der Waals surface area contributed by atoms with E-state index in [0.29, 0.717) is 30.2 Å². The van der Waals surface area contributed by atoms with Gasteiger partial charge in [-0.3, -0.25) is 4.57 Å². The molecule has 0 spiro atoms. The van der Waals surface area contributed by atoms with Crippen molar-refractivity contribution in [2.75, 3.05) is 19.8 Å². The average molecular weight is 510 g/mol. The molecule has 30 heavy (non-hydrogen) atoms. The first-order valence-electron chi connectivity index (χ1n) is 9.65. The Hall–Kier alpha value is -1.12. The van der Waals surface area contributed by atoms with Crippen molar-refractivity contribution >= 4 is 34.3 Å². The number of alkyl halides is 2. The number of ether oxygens (including phenoxy) is 1. The van der Waals surface area contributed by atoms with Crippen molar-refractivity contribution in [2.24, 2.45) is 0 Å². The molecular weight excluding hydrogens is 483 g/mol. The first kappa shape index (κ1) is 25.1. The second-order valence-corrected chi connectivity index (χ2v) is 10.3. The molecule has 1 aromatic heterocycles. The van der Waals surface area contributed by atoms with Gasteiger partial charge in [0, 0.05) is 27.7 Å². The third kappa shape index (κ3) is 5.98. The maximum atomic E-state index is 15.2. The number of hydrogen-bond donors (Lipinski definition) is 1. The summed E-state index contributed by atoms with van der Waals surface area (Å²) in [6.07, 6.45) is 2.67. The van der Waals surface area contributed by atoms with Gasteiger partial charge in [-0.15, -0.1) is 0 Å². The SMILES string of the molecule is CCOP(=O)(OCC)C(F)(F)c1cc2cc(OCCCC(C)(C)O)ncc2cc1Br. The molecule has 0 aliphatic carbocycles. The molecule has 10 heteroatoms. The molecule has 6 nitrogen and oxygen atoms in total. The minimum Gasteiger partial charge on any atom is -0.478 e. The molecule has 2 aromatic rings. The number of benzene rings is 1. The van der Waals surface area contributed by atoms with Gasteiger partial charge in [0.2, 0.25) is 5.88 Å². The Morgan fingerprint density at radius 2 is 1.77 bits per heavy atom. The van der Waals surface area contributed by atoms with Crippen molar-refractivity contribution in [2.45, 2.75) is 51.8 Å². The van der Waals surface area contributed by atoms with E-state index in [-0.39, 0.29) is 23.6 Å². The van der Waals surface area contributed by atoms with E-state index >= 15 is 8.78 Å². The zero-order valence-corrected chi connectivity index (χ0v) is 19.9. The van der Waals surface area contributed by atoms with Crippen LogP contribution in [0.25, 0.3) is 10.8 Å². The molecule has 0 atom stereocenters. The number of aliphatic hydroxyl groups is 1. The summed E-state index contributed by atoms with van der Waals surface area (Å²) in [4.78, 5) is 4.18. The fourth-order valence-corrected chi connectivity index (χ4v) is 5.15. The normalized spacial score (nSPS) is 13.1. The summed E-state index contributed by atoms with van der Waals surface area (Å²) in [5.74, 6) is 0.271. The highest BCUT2D eigenvalue weighted by Gasteiger charge is 2.55. The first-order chi connectivity index (χ1) is 13.9. The second-order valence-electron chi connectivity index (χ2n) is 7.34. The van der Waals surface area contributed by atoms with Crippen molar-refractivity contribution in [3.8, 4) is 5.88 Å². The predicted molar refractivity (Wildman–Crippen MR) is 115 cm³/mol. The quantitative estimate of drug-likeness (QED) is 0.285. The summed E-state index contributed by atoms with van der Waals surface area (Å²) in [7, 11) is -4.73. The van der Waals surface area contributed by atoms with Crippen LogP contribution in [0.3, 0.4) is 0 Å². The van der Waals surface area contributed by atoms with Crippen molar-refractivity contribution < 1.29 is 32.2 Å². The molecule has 0 saturated heterocycles. The molecule has 0 radical (unpaired) electrons. The van der Waals surface area contributed by atoms with Crippen LogP contribution in [-0.4, -0.2) is 35.5 Å². The third-order valence-electron chi connectivity index (χ3n) is 4.23. The first-order valence-corrected chi connectivity index (χ1v) is 12.0. The summed E-state index contributed by atoms with van der Waals surface area (Å²) in [5.41, 5.74) is -5.15. The molecule has 0 bridgehead atoms. The number of nitrogens with zero attached hydrogens (tertiary/aromatic N) is 1. The largest absolute Gasteiger partial charge is 0.478 e. The fourth-order valence-electron chi connectivity index (χ4n) is 2.82. The van der Waals surface area contributed by atoms with Gasteiger partial charge in [0.15, 0.2) is 0 Å². The Balaban J connectivity index is 2.35. The topological polar surface area (TPSA) is 77.9 Å². The van der Waals surface area contributed by atoms with Gasteiger partial charge in [0.1, 0.15) is 0 Å². The molecule has 0 fully saturated rings. The van der Waals surface area contributed by atoms with Gasteiger partial charge in [0.05, 0.1) is 25.4 Å². The van der Waals surface area contributed by atoms with Crippen molar-refractivity contribution in [3.63, 3.8) is 0 Å². The molecule has 1 aromatic carbocycles. The van der Waals surface area contributed by atoms with Crippen LogP contribution in [0.1, 0.15) is 46.1 Å². The molecular formula is C20H27BrF2NO5P. The molecule has 0 aliphatic heterocycles. The zero-order chi connectivity index (χ0) is 22.6. The number of hydrogen-bond acceptors (Lipinski definition) is 6. The highest BCUT2D eigenvalue weighted by atomic mass is 79.9. The minimum absolute atomic E-state index is 0.0697. The van der Waals surface area contributed by atoms with Crippen LogP contribution in [0.4, 0.5) is 8.78 Å². The number of aromatic nitrogens is 1. The van der Waals surface area contributed by atoms with E-state index in [9.17, 15) is 9.67 Å². The van der Waals surface area contributed by atoms with E-state index < -0.39 is 24.4 Å². The Bertz CT molecular complexity index is 910. The van der Waals surface area contributed by atoms with Crippen LogP contribution in [0.5, 0.6) is 5.88 Å². The third-order valence-corrected chi connectivity index (χ3v) is 7.01. The van der Waals surface area contributed by atoms with E-state index in [1.54, 1.807) is 13.8 Å². The highest BCUT2D eigenvalue weighted by molar-refractivity contribution is 9.10. The van der Waals surface area contributed by atoms with Crippen LogP contribution in [-0.2, 0) is 19.3 Å². The molecule has 0 saturated carbocycles. The van der Waals surface area contributed by atoms with E-state index in [1.807, 2.05) is 0 Å². The van der Waals surface area contributed by atoms with Crippen molar-refractivity contribution in [1.29, 1.82) is 0 Å². The van der Waals surface area contributed by atoms with Crippen molar-refractivity contribution in [3.05, 3.63) is 34.4 Å². The zero-order valence-electron chi connectivity index (χ0n) is 17.5.